The van der Waals surface area contributed by atoms with Crippen LogP contribution in [-0.4, -0.2) is 124 Å². The Kier molecular flexibility index (Phi) is 26.1. The minimum atomic E-state index is -5.08. The Morgan fingerprint density at radius 3 is 1.47 bits per heavy atom. The molecule has 6 amide bonds. The molecule has 0 aliphatic rings. The molecule has 0 radical (unpaired) electrons. The van der Waals surface area contributed by atoms with Crippen molar-refractivity contribution >= 4 is 53.5 Å². The van der Waals surface area contributed by atoms with Crippen molar-refractivity contribution in [2.24, 2.45) is 5.73 Å². The SMILES string of the molecule is NCCNC(=O)[C@H](Cc1ccccc1)NC(=O)[C@H](Cc1ccccc1)NC(=O)CCCCCCCNC(=O)CC[C@H](NC(=O)N[C@@H](CCC(=O)O)C(=O)O)C(=O)O.O=C(O)C(F)(F)F. The van der Waals surface area contributed by atoms with E-state index in [1.165, 1.54) is 0 Å². The topological polar surface area (TPSA) is 333 Å². The van der Waals surface area contributed by atoms with Crippen molar-refractivity contribution in [3.8, 4) is 0 Å². The molecule has 354 valence electrons. The van der Waals surface area contributed by atoms with Crippen molar-refractivity contribution in [2.75, 3.05) is 19.6 Å². The highest BCUT2D eigenvalue weighted by molar-refractivity contribution is 5.92. The van der Waals surface area contributed by atoms with Crippen molar-refractivity contribution in [3.63, 3.8) is 0 Å². The van der Waals surface area contributed by atoms with Crippen LogP contribution in [0.1, 0.15) is 75.3 Å². The third-order valence-corrected chi connectivity index (χ3v) is 8.95. The number of hydrogen-bond donors (Lipinski definition) is 11. The molecule has 0 saturated carbocycles. The molecule has 0 spiro atoms. The molecule has 64 heavy (non-hydrogen) atoms. The zero-order valence-corrected chi connectivity index (χ0v) is 34.9. The van der Waals surface area contributed by atoms with Crippen LogP contribution in [0.15, 0.2) is 60.7 Å². The summed E-state index contributed by atoms with van der Waals surface area (Å²) in [6, 6.07) is 12.5. The summed E-state index contributed by atoms with van der Waals surface area (Å²) in [5.41, 5.74) is 7.25. The molecule has 0 fully saturated rings. The minimum Gasteiger partial charge on any atom is -0.481 e. The zero-order valence-electron chi connectivity index (χ0n) is 34.9. The van der Waals surface area contributed by atoms with Gasteiger partial charge in [-0.15, -0.1) is 0 Å². The van der Waals surface area contributed by atoms with E-state index in [0.717, 1.165) is 24.0 Å². The summed E-state index contributed by atoms with van der Waals surface area (Å²) < 4.78 is 31.7. The normalized spacial score (nSPS) is 12.6. The van der Waals surface area contributed by atoms with Crippen LogP contribution in [0.5, 0.6) is 0 Å². The van der Waals surface area contributed by atoms with E-state index in [1.54, 1.807) is 0 Å². The molecule has 2 rings (SSSR count). The molecule has 0 aromatic heterocycles. The maximum absolute atomic E-state index is 13.6. The van der Waals surface area contributed by atoms with Crippen molar-refractivity contribution in [2.45, 2.75) is 107 Å². The highest BCUT2D eigenvalue weighted by Gasteiger charge is 2.38. The number of amides is 6. The summed E-state index contributed by atoms with van der Waals surface area (Å²) in [5, 5.41) is 49.7. The van der Waals surface area contributed by atoms with Crippen LogP contribution in [0.25, 0.3) is 0 Å². The van der Waals surface area contributed by atoms with E-state index in [2.05, 4.69) is 26.6 Å². The second-order valence-electron chi connectivity index (χ2n) is 14.2. The summed E-state index contributed by atoms with van der Waals surface area (Å²) in [7, 11) is 0. The van der Waals surface area contributed by atoms with Gasteiger partial charge in [-0.2, -0.15) is 13.2 Å². The summed E-state index contributed by atoms with van der Waals surface area (Å²) >= 11 is 0. The quantitative estimate of drug-likeness (QED) is 0.0539. The number of nitrogens with two attached hydrogens (primary N) is 1. The molecule has 4 atom stereocenters. The number of urea groups is 1. The van der Waals surface area contributed by atoms with Crippen LogP contribution in [0, 0.1) is 0 Å². The van der Waals surface area contributed by atoms with E-state index in [1.807, 2.05) is 66.0 Å². The number of carboxylic acid groups (broad SMARTS) is 4. The summed E-state index contributed by atoms with van der Waals surface area (Å²) in [6.07, 6.45) is -2.47. The molecule has 0 aliphatic heterocycles. The molecular formula is C41H56F3N7O13. The Balaban J connectivity index is 0.00000269. The van der Waals surface area contributed by atoms with Crippen LogP contribution in [0.2, 0.25) is 0 Å². The molecule has 20 nitrogen and oxygen atoms in total. The summed E-state index contributed by atoms with van der Waals surface area (Å²) in [5.74, 6) is -8.55. The van der Waals surface area contributed by atoms with E-state index in [-0.39, 0.29) is 57.0 Å². The Morgan fingerprint density at radius 2 is 1.00 bits per heavy atom. The lowest BCUT2D eigenvalue weighted by Crippen LogP contribution is -2.55. The molecule has 2 aromatic carbocycles. The fourth-order valence-electron chi connectivity index (χ4n) is 5.65. The number of nitrogens with one attached hydrogen (secondary N) is 6. The van der Waals surface area contributed by atoms with E-state index in [9.17, 15) is 56.6 Å². The number of alkyl halides is 3. The van der Waals surface area contributed by atoms with Gasteiger partial charge in [-0.3, -0.25) is 24.0 Å². The first-order valence-corrected chi connectivity index (χ1v) is 20.2. The lowest BCUT2D eigenvalue weighted by Gasteiger charge is -2.23. The Labute approximate surface area is 366 Å². The van der Waals surface area contributed by atoms with Gasteiger partial charge in [0.1, 0.15) is 24.2 Å². The lowest BCUT2D eigenvalue weighted by molar-refractivity contribution is -0.192. The molecule has 23 heteroatoms. The second kappa shape index (κ2) is 30.3. The van der Waals surface area contributed by atoms with E-state index >= 15 is 0 Å². The Hall–Kier alpha value is -6.78. The van der Waals surface area contributed by atoms with Crippen LogP contribution in [0.3, 0.4) is 0 Å². The number of carbonyl (C=O) groups excluding carboxylic acids is 5. The van der Waals surface area contributed by atoms with E-state index in [0.29, 0.717) is 25.8 Å². The van der Waals surface area contributed by atoms with Gasteiger partial charge in [-0.1, -0.05) is 79.9 Å². The van der Waals surface area contributed by atoms with Crippen molar-refractivity contribution in [1.29, 1.82) is 0 Å². The molecule has 0 aliphatic carbocycles. The maximum atomic E-state index is 13.6. The number of carbonyl (C=O) groups is 9. The van der Waals surface area contributed by atoms with Gasteiger partial charge in [-0.05, 0) is 36.8 Å². The van der Waals surface area contributed by atoms with Gasteiger partial charge in [0.25, 0.3) is 0 Å². The highest BCUT2D eigenvalue weighted by atomic mass is 19.4. The van der Waals surface area contributed by atoms with Crippen molar-refractivity contribution in [1.82, 2.24) is 31.9 Å². The summed E-state index contributed by atoms with van der Waals surface area (Å²) in [6.45, 7) is 0.805. The third-order valence-electron chi connectivity index (χ3n) is 8.95. The Morgan fingerprint density at radius 1 is 0.531 bits per heavy atom. The highest BCUT2D eigenvalue weighted by Crippen LogP contribution is 2.13. The van der Waals surface area contributed by atoms with Gasteiger partial charge in [-0.25, -0.2) is 19.2 Å². The fraction of sp³-hybridized carbons (Fsp3) is 0.488. The zero-order chi connectivity index (χ0) is 48.1. The van der Waals surface area contributed by atoms with Gasteiger partial charge in [0.15, 0.2) is 0 Å². The van der Waals surface area contributed by atoms with E-state index < -0.39 is 84.9 Å². The van der Waals surface area contributed by atoms with Gasteiger partial charge in [0.05, 0.1) is 0 Å². The number of rotatable bonds is 28. The first kappa shape index (κ1) is 55.2. The average Bonchev–Trinajstić information content (AvgIpc) is 3.23. The molecule has 0 unspecified atom stereocenters. The standard InChI is InChI=1S/C39H55N7O11.C2HF3O2/c40-21-23-42-35(51)30(24-26-12-6-4-7-13-26)44-36(52)31(25-27-14-8-5-9-15-27)43-33(48)16-10-2-1-3-11-22-41-32(47)19-17-28(37(53)54)45-39(57)46-29(38(55)56)18-20-34(49)50;3-2(4,5)1(6)7/h4-9,12-15,28-31H,1-3,10-11,16-25,40H2,(H,41,47)(H,42,51)(H,43,48)(H,44,52)(H,49,50)(H,53,54)(H,55,56)(H2,45,46,57);(H,6,7)/t28-,29-,30-,31-;/m0./s1. The van der Waals surface area contributed by atoms with Gasteiger partial charge in [0.2, 0.25) is 23.6 Å². The smallest absolute Gasteiger partial charge is 0.481 e. The monoisotopic (exact) mass is 911 g/mol. The van der Waals surface area contributed by atoms with E-state index in [4.69, 9.17) is 25.8 Å². The molecule has 0 bridgehead atoms. The largest absolute Gasteiger partial charge is 0.490 e. The fourth-order valence-corrected chi connectivity index (χ4v) is 5.65. The predicted octanol–water partition coefficient (Wildman–Crippen LogP) is 1.46. The molecule has 12 N–H and O–H groups in total. The molecule has 0 heterocycles. The van der Waals surface area contributed by atoms with Gasteiger partial charge in [0, 0.05) is 51.7 Å². The number of unbranched alkanes of at least 4 members (excludes halogenated alkanes) is 4. The van der Waals surface area contributed by atoms with Crippen molar-refractivity contribution in [3.05, 3.63) is 71.8 Å². The van der Waals surface area contributed by atoms with Gasteiger partial charge < -0.3 is 58.1 Å². The number of hydrogen-bond acceptors (Lipinski definition) is 10. The van der Waals surface area contributed by atoms with Crippen LogP contribution >= 0.6 is 0 Å². The molecular weight excluding hydrogens is 855 g/mol. The van der Waals surface area contributed by atoms with Crippen molar-refractivity contribution < 1.29 is 76.7 Å². The van der Waals surface area contributed by atoms with Gasteiger partial charge >= 0.3 is 36.1 Å². The number of halogens is 3. The predicted molar refractivity (Wildman–Crippen MR) is 221 cm³/mol. The van der Waals surface area contributed by atoms with Crippen LogP contribution in [-0.2, 0) is 51.2 Å². The third kappa shape index (κ3) is 25.2. The van der Waals surface area contributed by atoms with Crippen LogP contribution < -0.4 is 37.6 Å². The maximum Gasteiger partial charge on any atom is 0.490 e. The lowest BCUT2D eigenvalue weighted by atomic mass is 10.0. The first-order chi connectivity index (χ1) is 30.2. The number of benzene rings is 2. The average molecular weight is 912 g/mol. The van der Waals surface area contributed by atoms with Crippen LogP contribution in [0.4, 0.5) is 18.0 Å². The minimum absolute atomic E-state index is 0.176. The molecule has 0 saturated heterocycles. The first-order valence-electron chi connectivity index (χ1n) is 20.2. The number of carboxylic acids is 4. The molecule has 2 aromatic rings. The summed E-state index contributed by atoms with van der Waals surface area (Å²) in [4.78, 5) is 106. The second-order valence-corrected chi connectivity index (χ2v) is 14.2. The number of aliphatic carboxylic acids is 4. The Bertz CT molecular complexity index is 1820.